The molecule has 94 valence electrons. The monoisotopic (exact) mass is 242 g/mol. The molecule has 2 rings (SSSR count). The Balaban J connectivity index is 2.38. The first-order chi connectivity index (χ1) is 8.58. The van der Waals surface area contributed by atoms with Crippen LogP contribution in [0.15, 0.2) is 24.5 Å². The zero-order chi connectivity index (χ0) is 13.1. The molecule has 2 aromatic heterocycles. The molecule has 2 heterocycles. The number of nitrogens with zero attached hydrogens (tertiary/aromatic N) is 3. The maximum absolute atomic E-state index is 5.95. The Hall–Kier alpha value is -1.97. The fourth-order valence-electron chi connectivity index (χ4n) is 1.73. The molecule has 0 bridgehead atoms. The molecular weight excluding hydrogens is 224 g/mol. The number of aromatic nitrogens is 3. The van der Waals surface area contributed by atoms with Crippen LogP contribution in [0.25, 0.3) is 0 Å². The van der Waals surface area contributed by atoms with Crippen LogP contribution in [0, 0.1) is 6.92 Å². The summed E-state index contributed by atoms with van der Waals surface area (Å²) in [5, 5.41) is 0. The molecular formula is C14H18N4. The van der Waals surface area contributed by atoms with E-state index in [1.807, 2.05) is 19.1 Å². The van der Waals surface area contributed by atoms with Gasteiger partial charge in [0, 0.05) is 30.3 Å². The number of hydrogen-bond donors (Lipinski definition) is 1. The summed E-state index contributed by atoms with van der Waals surface area (Å²) in [6, 6.07) is 3.99. The van der Waals surface area contributed by atoms with Crippen molar-refractivity contribution in [2.45, 2.75) is 33.1 Å². The zero-order valence-corrected chi connectivity index (χ0v) is 11.0. The first-order valence-electron chi connectivity index (χ1n) is 6.09. The molecule has 0 radical (unpaired) electrons. The molecule has 0 aliphatic rings. The second kappa shape index (κ2) is 5.12. The van der Waals surface area contributed by atoms with Crippen molar-refractivity contribution in [3.8, 4) is 0 Å². The summed E-state index contributed by atoms with van der Waals surface area (Å²) in [4.78, 5) is 13.0. The van der Waals surface area contributed by atoms with Gasteiger partial charge in [0.2, 0.25) is 0 Å². The summed E-state index contributed by atoms with van der Waals surface area (Å²) in [5.74, 6) is 1.67. The third-order valence-corrected chi connectivity index (χ3v) is 2.94. The van der Waals surface area contributed by atoms with Crippen molar-refractivity contribution in [2.24, 2.45) is 0 Å². The highest BCUT2D eigenvalue weighted by molar-refractivity contribution is 5.43. The fraction of sp³-hybridized carbons (Fsp3) is 0.357. The van der Waals surface area contributed by atoms with E-state index in [2.05, 4.69) is 28.8 Å². The third kappa shape index (κ3) is 2.64. The Morgan fingerprint density at radius 3 is 2.44 bits per heavy atom. The van der Waals surface area contributed by atoms with Crippen LogP contribution < -0.4 is 5.73 Å². The van der Waals surface area contributed by atoms with Crippen molar-refractivity contribution >= 4 is 5.82 Å². The molecule has 0 saturated heterocycles. The standard InChI is InChI=1S/C14H18N4/c1-9(2)14-17-12(10(3)13(15)18-14)8-11-4-6-16-7-5-11/h4-7,9H,8H2,1-3H3,(H2,15,17,18). The third-order valence-electron chi connectivity index (χ3n) is 2.94. The lowest BCUT2D eigenvalue weighted by molar-refractivity contribution is 0.759. The lowest BCUT2D eigenvalue weighted by atomic mass is 10.1. The van der Waals surface area contributed by atoms with Crippen molar-refractivity contribution in [3.05, 3.63) is 47.2 Å². The normalized spacial score (nSPS) is 10.9. The Morgan fingerprint density at radius 1 is 1.17 bits per heavy atom. The summed E-state index contributed by atoms with van der Waals surface area (Å²) < 4.78 is 0. The molecule has 0 unspecified atom stereocenters. The first kappa shape index (κ1) is 12.5. The van der Waals surface area contributed by atoms with Crippen molar-refractivity contribution in [3.63, 3.8) is 0 Å². The Morgan fingerprint density at radius 2 is 1.83 bits per heavy atom. The summed E-state index contributed by atoms with van der Waals surface area (Å²) in [6.07, 6.45) is 4.35. The highest BCUT2D eigenvalue weighted by Crippen LogP contribution is 2.19. The van der Waals surface area contributed by atoms with Crippen LogP contribution >= 0.6 is 0 Å². The van der Waals surface area contributed by atoms with Gasteiger partial charge in [0.25, 0.3) is 0 Å². The molecule has 4 nitrogen and oxygen atoms in total. The van der Waals surface area contributed by atoms with Gasteiger partial charge in [0.05, 0.1) is 5.69 Å². The Bertz CT molecular complexity index is 535. The summed E-state index contributed by atoms with van der Waals surface area (Å²) in [5.41, 5.74) is 9.10. The summed E-state index contributed by atoms with van der Waals surface area (Å²) >= 11 is 0. The van der Waals surface area contributed by atoms with Crippen LogP contribution in [0.3, 0.4) is 0 Å². The summed E-state index contributed by atoms with van der Waals surface area (Å²) in [7, 11) is 0. The second-order valence-electron chi connectivity index (χ2n) is 4.73. The lowest BCUT2D eigenvalue weighted by Gasteiger charge is -2.11. The van der Waals surface area contributed by atoms with E-state index in [0.29, 0.717) is 5.82 Å². The van der Waals surface area contributed by atoms with Gasteiger partial charge >= 0.3 is 0 Å². The molecule has 18 heavy (non-hydrogen) atoms. The molecule has 0 fully saturated rings. The number of nitrogens with two attached hydrogens (primary N) is 1. The number of nitrogen functional groups attached to an aromatic ring is 1. The van der Waals surface area contributed by atoms with E-state index in [1.54, 1.807) is 12.4 Å². The SMILES string of the molecule is Cc1c(N)nc(C(C)C)nc1Cc1ccncc1. The summed E-state index contributed by atoms with van der Waals surface area (Å²) in [6.45, 7) is 6.11. The topological polar surface area (TPSA) is 64.7 Å². The largest absolute Gasteiger partial charge is 0.383 e. The van der Waals surface area contributed by atoms with E-state index >= 15 is 0 Å². The Kier molecular flexibility index (Phi) is 3.55. The van der Waals surface area contributed by atoms with Crippen LogP contribution in [-0.2, 0) is 6.42 Å². The van der Waals surface area contributed by atoms with Gasteiger partial charge in [-0.1, -0.05) is 13.8 Å². The average Bonchev–Trinajstić information content (AvgIpc) is 2.35. The van der Waals surface area contributed by atoms with Crippen LogP contribution in [0.1, 0.15) is 42.4 Å². The molecule has 4 heteroatoms. The molecule has 0 aromatic carbocycles. The molecule has 0 aliphatic carbocycles. The van der Waals surface area contributed by atoms with E-state index in [4.69, 9.17) is 5.73 Å². The van der Waals surface area contributed by atoms with Gasteiger partial charge in [-0.25, -0.2) is 9.97 Å². The van der Waals surface area contributed by atoms with E-state index in [0.717, 1.165) is 23.5 Å². The predicted molar refractivity (Wildman–Crippen MR) is 72.3 cm³/mol. The average molecular weight is 242 g/mol. The van der Waals surface area contributed by atoms with E-state index < -0.39 is 0 Å². The van der Waals surface area contributed by atoms with Gasteiger partial charge in [0.15, 0.2) is 0 Å². The molecule has 0 spiro atoms. The van der Waals surface area contributed by atoms with Gasteiger partial charge in [-0.15, -0.1) is 0 Å². The van der Waals surface area contributed by atoms with Gasteiger partial charge in [-0.05, 0) is 24.6 Å². The molecule has 0 amide bonds. The number of rotatable bonds is 3. The minimum absolute atomic E-state index is 0.282. The maximum atomic E-state index is 5.95. The van der Waals surface area contributed by atoms with Crippen molar-refractivity contribution in [2.75, 3.05) is 5.73 Å². The van der Waals surface area contributed by atoms with E-state index in [-0.39, 0.29) is 5.92 Å². The second-order valence-corrected chi connectivity index (χ2v) is 4.73. The van der Waals surface area contributed by atoms with E-state index in [9.17, 15) is 0 Å². The lowest BCUT2D eigenvalue weighted by Crippen LogP contribution is -2.09. The van der Waals surface area contributed by atoms with Crippen LogP contribution in [0.2, 0.25) is 0 Å². The minimum atomic E-state index is 0.282. The molecule has 0 saturated carbocycles. The highest BCUT2D eigenvalue weighted by atomic mass is 15.0. The molecule has 2 aromatic rings. The van der Waals surface area contributed by atoms with E-state index in [1.165, 1.54) is 5.56 Å². The Labute approximate surface area is 107 Å². The smallest absolute Gasteiger partial charge is 0.133 e. The predicted octanol–water partition coefficient (Wildman–Crippen LogP) is 2.48. The van der Waals surface area contributed by atoms with Crippen LogP contribution in [0.5, 0.6) is 0 Å². The van der Waals surface area contributed by atoms with Gasteiger partial charge in [-0.2, -0.15) is 0 Å². The van der Waals surface area contributed by atoms with Crippen LogP contribution in [-0.4, -0.2) is 15.0 Å². The van der Waals surface area contributed by atoms with Gasteiger partial charge in [-0.3, -0.25) is 4.98 Å². The first-order valence-corrected chi connectivity index (χ1v) is 6.09. The fourth-order valence-corrected chi connectivity index (χ4v) is 1.73. The molecule has 0 atom stereocenters. The zero-order valence-electron chi connectivity index (χ0n) is 11.0. The highest BCUT2D eigenvalue weighted by Gasteiger charge is 2.11. The van der Waals surface area contributed by atoms with Gasteiger partial charge in [0.1, 0.15) is 11.6 Å². The minimum Gasteiger partial charge on any atom is -0.383 e. The molecule has 2 N–H and O–H groups in total. The number of hydrogen-bond acceptors (Lipinski definition) is 4. The number of pyridine rings is 1. The molecule has 0 aliphatic heterocycles. The van der Waals surface area contributed by atoms with Crippen molar-refractivity contribution in [1.82, 2.24) is 15.0 Å². The number of anilines is 1. The quantitative estimate of drug-likeness (QED) is 0.898. The van der Waals surface area contributed by atoms with Crippen molar-refractivity contribution in [1.29, 1.82) is 0 Å². The maximum Gasteiger partial charge on any atom is 0.133 e. The van der Waals surface area contributed by atoms with Gasteiger partial charge < -0.3 is 5.73 Å². The van der Waals surface area contributed by atoms with Crippen molar-refractivity contribution < 1.29 is 0 Å². The van der Waals surface area contributed by atoms with Crippen LogP contribution in [0.4, 0.5) is 5.82 Å².